The number of tetrazole rings is 1. The van der Waals surface area contributed by atoms with Gasteiger partial charge in [-0.2, -0.15) is 0 Å². The molecule has 0 radical (unpaired) electrons. The molecule has 1 aromatic heterocycles. The molecular weight excluding hydrogens is 228 g/mol. The van der Waals surface area contributed by atoms with Crippen molar-refractivity contribution in [2.24, 2.45) is 0 Å². The molecule has 0 amide bonds. The summed E-state index contributed by atoms with van der Waals surface area (Å²) in [5.41, 5.74) is 0.0321. The first-order valence-corrected chi connectivity index (χ1v) is 6.30. The van der Waals surface area contributed by atoms with Gasteiger partial charge >= 0.3 is 5.97 Å². The summed E-state index contributed by atoms with van der Waals surface area (Å²) in [7, 11) is 0. The molecule has 1 aliphatic carbocycles. The molecule has 2 rings (SSSR count). The monoisotopic (exact) mass is 242 g/mol. The van der Waals surface area contributed by atoms with Crippen molar-refractivity contribution in [3.8, 4) is 0 Å². The Balaban J connectivity index is 2.15. The SMILES string of the molecule is CCC1(n2nnnc2SCC(=O)O)CCC1. The van der Waals surface area contributed by atoms with Crippen molar-refractivity contribution < 1.29 is 9.90 Å². The smallest absolute Gasteiger partial charge is 0.313 e. The Morgan fingerprint density at radius 1 is 1.62 bits per heavy atom. The van der Waals surface area contributed by atoms with Crippen LogP contribution in [0, 0.1) is 0 Å². The Hall–Kier alpha value is -1.11. The minimum Gasteiger partial charge on any atom is -0.481 e. The average molecular weight is 242 g/mol. The highest BCUT2D eigenvalue weighted by Crippen LogP contribution is 2.42. The van der Waals surface area contributed by atoms with Gasteiger partial charge in [-0.15, -0.1) is 5.10 Å². The first-order chi connectivity index (χ1) is 7.68. The second-order valence-electron chi connectivity index (χ2n) is 3.99. The van der Waals surface area contributed by atoms with Gasteiger partial charge in [0.05, 0.1) is 11.3 Å². The van der Waals surface area contributed by atoms with Crippen LogP contribution in [0.15, 0.2) is 5.16 Å². The van der Waals surface area contributed by atoms with Gasteiger partial charge in [-0.1, -0.05) is 18.7 Å². The third kappa shape index (κ3) is 1.91. The average Bonchev–Trinajstić information content (AvgIpc) is 2.63. The molecule has 0 unspecified atom stereocenters. The quantitative estimate of drug-likeness (QED) is 0.780. The lowest BCUT2D eigenvalue weighted by atomic mass is 9.75. The first-order valence-electron chi connectivity index (χ1n) is 5.31. The number of carboxylic acid groups (broad SMARTS) is 1. The van der Waals surface area contributed by atoms with E-state index in [1.54, 1.807) is 0 Å². The minimum absolute atomic E-state index is 0.000166. The molecule has 1 aromatic rings. The number of rotatable bonds is 5. The maximum atomic E-state index is 10.5. The third-order valence-electron chi connectivity index (χ3n) is 3.16. The largest absolute Gasteiger partial charge is 0.481 e. The van der Waals surface area contributed by atoms with Crippen molar-refractivity contribution >= 4 is 17.7 Å². The summed E-state index contributed by atoms with van der Waals surface area (Å²) in [5.74, 6) is -0.848. The highest BCUT2D eigenvalue weighted by molar-refractivity contribution is 7.99. The molecule has 0 atom stereocenters. The molecule has 16 heavy (non-hydrogen) atoms. The Morgan fingerprint density at radius 3 is 2.88 bits per heavy atom. The summed E-state index contributed by atoms with van der Waals surface area (Å²) in [6, 6.07) is 0. The number of hydrogen-bond donors (Lipinski definition) is 1. The zero-order valence-electron chi connectivity index (χ0n) is 9.09. The Morgan fingerprint density at radius 2 is 2.38 bits per heavy atom. The maximum absolute atomic E-state index is 10.5. The summed E-state index contributed by atoms with van der Waals surface area (Å²) in [6.45, 7) is 2.12. The van der Waals surface area contributed by atoms with Crippen LogP contribution in [0.5, 0.6) is 0 Å². The van der Waals surface area contributed by atoms with E-state index in [4.69, 9.17) is 5.11 Å². The van der Waals surface area contributed by atoms with E-state index in [2.05, 4.69) is 22.4 Å². The van der Waals surface area contributed by atoms with Crippen molar-refractivity contribution in [2.75, 3.05) is 5.75 Å². The van der Waals surface area contributed by atoms with Gasteiger partial charge in [-0.3, -0.25) is 4.79 Å². The van der Waals surface area contributed by atoms with E-state index in [-0.39, 0.29) is 11.3 Å². The Bertz CT molecular complexity index is 383. The van der Waals surface area contributed by atoms with Crippen molar-refractivity contribution in [2.45, 2.75) is 43.3 Å². The minimum atomic E-state index is -0.848. The van der Waals surface area contributed by atoms with Crippen molar-refractivity contribution in [3.63, 3.8) is 0 Å². The van der Waals surface area contributed by atoms with Crippen LogP contribution < -0.4 is 0 Å². The van der Waals surface area contributed by atoms with Crippen LogP contribution in [0.25, 0.3) is 0 Å². The topological polar surface area (TPSA) is 80.9 Å². The van der Waals surface area contributed by atoms with Crippen LogP contribution in [0.2, 0.25) is 0 Å². The predicted octanol–water partition coefficient (Wildman–Crippen LogP) is 1.14. The number of hydrogen-bond acceptors (Lipinski definition) is 5. The van der Waals surface area contributed by atoms with E-state index in [9.17, 15) is 4.79 Å². The van der Waals surface area contributed by atoms with Crippen molar-refractivity contribution in [1.29, 1.82) is 0 Å². The van der Waals surface area contributed by atoms with E-state index in [0.29, 0.717) is 5.16 Å². The molecule has 1 fully saturated rings. The summed E-state index contributed by atoms with van der Waals surface area (Å²) in [6.07, 6.45) is 4.33. The number of thioether (sulfide) groups is 1. The number of carbonyl (C=O) groups is 1. The van der Waals surface area contributed by atoms with Gasteiger partial charge in [0.15, 0.2) is 0 Å². The van der Waals surface area contributed by atoms with E-state index >= 15 is 0 Å². The zero-order chi connectivity index (χ0) is 11.6. The van der Waals surface area contributed by atoms with Gasteiger partial charge in [-0.25, -0.2) is 4.68 Å². The molecule has 0 spiro atoms. The fourth-order valence-corrected chi connectivity index (χ4v) is 2.69. The van der Waals surface area contributed by atoms with Crippen molar-refractivity contribution in [1.82, 2.24) is 20.2 Å². The molecule has 0 aliphatic heterocycles. The normalized spacial score (nSPS) is 18.1. The van der Waals surface area contributed by atoms with Crippen LogP contribution in [0.4, 0.5) is 0 Å². The molecule has 88 valence electrons. The molecule has 0 bridgehead atoms. The van der Waals surface area contributed by atoms with Gasteiger partial charge in [0, 0.05) is 0 Å². The lowest BCUT2D eigenvalue weighted by Crippen LogP contribution is -2.41. The van der Waals surface area contributed by atoms with Gasteiger partial charge < -0.3 is 5.11 Å². The third-order valence-corrected chi connectivity index (χ3v) is 4.06. The molecule has 1 aliphatic rings. The number of aliphatic carboxylic acids is 1. The summed E-state index contributed by atoms with van der Waals surface area (Å²) >= 11 is 1.18. The van der Waals surface area contributed by atoms with E-state index < -0.39 is 5.97 Å². The second kappa shape index (κ2) is 4.40. The van der Waals surface area contributed by atoms with Gasteiger partial charge in [0.25, 0.3) is 0 Å². The van der Waals surface area contributed by atoms with Crippen molar-refractivity contribution in [3.05, 3.63) is 0 Å². The Labute approximate surface area is 97.4 Å². The van der Waals surface area contributed by atoms with Crippen LogP contribution >= 0.6 is 11.8 Å². The zero-order valence-corrected chi connectivity index (χ0v) is 9.90. The molecule has 6 nitrogen and oxygen atoms in total. The van der Waals surface area contributed by atoms with E-state index in [0.717, 1.165) is 19.3 Å². The molecule has 0 saturated heterocycles. The fraction of sp³-hybridized carbons (Fsp3) is 0.778. The lowest BCUT2D eigenvalue weighted by Gasteiger charge is -2.41. The first kappa shape index (κ1) is 11.4. The molecule has 1 saturated carbocycles. The number of nitrogens with zero attached hydrogens (tertiary/aromatic N) is 4. The second-order valence-corrected chi connectivity index (χ2v) is 4.93. The maximum Gasteiger partial charge on any atom is 0.313 e. The Kier molecular flexibility index (Phi) is 3.13. The highest BCUT2D eigenvalue weighted by atomic mass is 32.2. The van der Waals surface area contributed by atoms with Gasteiger partial charge in [-0.05, 0) is 36.1 Å². The van der Waals surface area contributed by atoms with E-state index in [1.165, 1.54) is 18.2 Å². The van der Waals surface area contributed by atoms with Gasteiger partial charge in [0.1, 0.15) is 0 Å². The van der Waals surface area contributed by atoms with Crippen LogP contribution in [0.3, 0.4) is 0 Å². The molecular formula is C9H14N4O2S. The molecule has 1 heterocycles. The van der Waals surface area contributed by atoms with Crippen LogP contribution in [-0.2, 0) is 10.3 Å². The number of carboxylic acids is 1. The molecule has 1 N–H and O–H groups in total. The van der Waals surface area contributed by atoms with Gasteiger partial charge in [0.2, 0.25) is 5.16 Å². The number of aromatic nitrogens is 4. The lowest BCUT2D eigenvalue weighted by molar-refractivity contribution is -0.133. The summed E-state index contributed by atoms with van der Waals surface area (Å²) in [4.78, 5) is 10.5. The van der Waals surface area contributed by atoms with E-state index in [1.807, 2.05) is 4.68 Å². The highest BCUT2D eigenvalue weighted by Gasteiger charge is 2.40. The van der Waals surface area contributed by atoms with Crippen LogP contribution in [-0.4, -0.2) is 37.0 Å². The predicted molar refractivity (Wildman–Crippen MR) is 58.3 cm³/mol. The summed E-state index contributed by atoms with van der Waals surface area (Å²) in [5, 5.41) is 20.8. The fourth-order valence-electron chi connectivity index (χ4n) is 1.99. The van der Waals surface area contributed by atoms with Crippen LogP contribution in [0.1, 0.15) is 32.6 Å². The summed E-state index contributed by atoms with van der Waals surface area (Å²) < 4.78 is 1.81. The molecule has 7 heteroatoms. The standard InChI is InChI=1S/C9H14N4O2S/c1-2-9(4-3-5-9)13-8(10-11-12-13)16-6-7(14)15/h2-6H2,1H3,(H,14,15). The molecule has 0 aromatic carbocycles.